The Morgan fingerprint density at radius 2 is 1.90 bits per heavy atom. The van der Waals surface area contributed by atoms with Crippen LogP contribution in [0.2, 0.25) is 0 Å². The number of hydrogen-bond acceptors (Lipinski definition) is 3. The van der Waals surface area contributed by atoms with Gasteiger partial charge in [-0.2, -0.15) is 0 Å². The third-order valence-electron chi connectivity index (χ3n) is 4.29. The van der Waals surface area contributed by atoms with Crippen molar-refractivity contribution in [2.45, 2.75) is 70.9 Å². The van der Waals surface area contributed by atoms with Crippen molar-refractivity contribution in [3.63, 3.8) is 0 Å². The van der Waals surface area contributed by atoms with E-state index in [4.69, 9.17) is 4.74 Å². The number of carbonyl (C=O) groups is 1. The van der Waals surface area contributed by atoms with E-state index in [9.17, 15) is 4.79 Å². The summed E-state index contributed by atoms with van der Waals surface area (Å²) in [7, 11) is 0. The summed E-state index contributed by atoms with van der Waals surface area (Å²) in [5, 5.41) is 3.56. The van der Waals surface area contributed by atoms with Gasteiger partial charge in [-0.05, 0) is 65.3 Å². The molecule has 116 valence electrons. The van der Waals surface area contributed by atoms with Crippen LogP contribution >= 0.6 is 0 Å². The quantitative estimate of drug-likeness (QED) is 0.861. The SMILES string of the molecule is CC(C)(C)OC(=O)N1CCCCC1CNCC1CCC1. The molecule has 1 heterocycles. The van der Waals surface area contributed by atoms with Gasteiger partial charge in [-0.25, -0.2) is 4.79 Å². The second-order valence-electron chi connectivity index (χ2n) is 7.28. The summed E-state index contributed by atoms with van der Waals surface area (Å²) in [5.41, 5.74) is -0.404. The minimum atomic E-state index is -0.404. The summed E-state index contributed by atoms with van der Waals surface area (Å²) >= 11 is 0. The molecule has 0 bridgehead atoms. The number of ether oxygens (including phenoxy) is 1. The molecule has 0 aromatic heterocycles. The number of piperidine rings is 1. The van der Waals surface area contributed by atoms with E-state index < -0.39 is 5.60 Å². The van der Waals surface area contributed by atoms with Crippen LogP contribution in [0.15, 0.2) is 0 Å². The van der Waals surface area contributed by atoms with Gasteiger partial charge in [0, 0.05) is 19.1 Å². The lowest BCUT2D eigenvalue weighted by Gasteiger charge is -2.37. The van der Waals surface area contributed by atoms with Crippen molar-refractivity contribution in [2.75, 3.05) is 19.6 Å². The molecule has 1 N–H and O–H groups in total. The van der Waals surface area contributed by atoms with Crippen LogP contribution in [0.5, 0.6) is 0 Å². The Morgan fingerprint density at radius 3 is 2.50 bits per heavy atom. The van der Waals surface area contributed by atoms with E-state index in [-0.39, 0.29) is 6.09 Å². The monoisotopic (exact) mass is 282 g/mol. The molecule has 0 spiro atoms. The van der Waals surface area contributed by atoms with Crippen molar-refractivity contribution in [2.24, 2.45) is 5.92 Å². The van der Waals surface area contributed by atoms with Crippen LogP contribution in [0.25, 0.3) is 0 Å². The van der Waals surface area contributed by atoms with E-state index >= 15 is 0 Å². The largest absolute Gasteiger partial charge is 0.444 e. The normalized spacial score (nSPS) is 24.4. The number of likely N-dealkylation sites (tertiary alicyclic amines) is 1. The lowest BCUT2D eigenvalue weighted by Crippen LogP contribution is -2.50. The van der Waals surface area contributed by atoms with Crippen molar-refractivity contribution in [1.82, 2.24) is 10.2 Å². The maximum atomic E-state index is 12.3. The number of amides is 1. The summed E-state index contributed by atoms with van der Waals surface area (Å²) in [6.45, 7) is 8.65. The lowest BCUT2D eigenvalue weighted by atomic mass is 9.85. The van der Waals surface area contributed by atoms with E-state index in [0.29, 0.717) is 6.04 Å². The topological polar surface area (TPSA) is 41.6 Å². The molecule has 1 saturated heterocycles. The minimum absolute atomic E-state index is 0.146. The summed E-state index contributed by atoms with van der Waals surface area (Å²) in [6.07, 6.45) is 7.39. The minimum Gasteiger partial charge on any atom is -0.444 e. The molecule has 0 radical (unpaired) electrons. The average molecular weight is 282 g/mol. The van der Waals surface area contributed by atoms with Crippen molar-refractivity contribution in [3.8, 4) is 0 Å². The fourth-order valence-electron chi connectivity index (χ4n) is 2.92. The molecule has 0 aromatic carbocycles. The zero-order valence-electron chi connectivity index (χ0n) is 13.3. The predicted molar refractivity (Wildman–Crippen MR) is 80.8 cm³/mol. The van der Waals surface area contributed by atoms with Gasteiger partial charge in [0.2, 0.25) is 0 Å². The fraction of sp³-hybridized carbons (Fsp3) is 0.938. The van der Waals surface area contributed by atoms with Crippen LogP contribution in [0.3, 0.4) is 0 Å². The second-order valence-corrected chi connectivity index (χ2v) is 7.28. The van der Waals surface area contributed by atoms with Gasteiger partial charge in [-0.3, -0.25) is 0 Å². The predicted octanol–water partition coefficient (Wildman–Crippen LogP) is 3.17. The first kappa shape index (κ1) is 15.6. The highest BCUT2D eigenvalue weighted by molar-refractivity contribution is 5.68. The summed E-state index contributed by atoms with van der Waals surface area (Å²) in [6, 6.07) is 0.304. The van der Waals surface area contributed by atoms with Crippen LogP contribution < -0.4 is 5.32 Å². The Kier molecular flexibility index (Phi) is 5.30. The Morgan fingerprint density at radius 1 is 1.15 bits per heavy atom. The first-order valence-corrected chi connectivity index (χ1v) is 8.16. The Bertz CT molecular complexity index is 321. The smallest absolute Gasteiger partial charge is 0.410 e. The summed E-state index contributed by atoms with van der Waals surface area (Å²) in [5.74, 6) is 0.869. The van der Waals surface area contributed by atoms with Gasteiger partial charge in [0.25, 0.3) is 0 Å². The highest BCUT2D eigenvalue weighted by atomic mass is 16.6. The highest BCUT2D eigenvalue weighted by Gasteiger charge is 2.30. The van der Waals surface area contributed by atoms with E-state index in [1.807, 2.05) is 25.7 Å². The van der Waals surface area contributed by atoms with Crippen molar-refractivity contribution in [1.29, 1.82) is 0 Å². The molecule has 2 rings (SSSR count). The summed E-state index contributed by atoms with van der Waals surface area (Å²) in [4.78, 5) is 14.2. The van der Waals surface area contributed by atoms with E-state index in [0.717, 1.165) is 38.4 Å². The van der Waals surface area contributed by atoms with Crippen LogP contribution in [0, 0.1) is 5.92 Å². The molecule has 1 atom stereocenters. The van der Waals surface area contributed by atoms with Crippen LogP contribution in [-0.4, -0.2) is 42.3 Å². The number of carbonyl (C=O) groups excluding carboxylic acids is 1. The molecule has 0 aromatic rings. The molecule has 1 unspecified atom stereocenters. The van der Waals surface area contributed by atoms with Gasteiger partial charge in [-0.15, -0.1) is 0 Å². The standard InChI is InChI=1S/C16H30N2O2/c1-16(2,3)20-15(19)18-10-5-4-9-14(18)12-17-11-13-7-6-8-13/h13-14,17H,4-12H2,1-3H3. The summed E-state index contributed by atoms with van der Waals surface area (Å²) < 4.78 is 5.53. The molecule has 20 heavy (non-hydrogen) atoms. The lowest BCUT2D eigenvalue weighted by molar-refractivity contribution is 0.00980. The molecule has 1 saturated carbocycles. The molecule has 1 aliphatic carbocycles. The third-order valence-corrected chi connectivity index (χ3v) is 4.29. The fourth-order valence-corrected chi connectivity index (χ4v) is 2.92. The van der Waals surface area contributed by atoms with Crippen molar-refractivity contribution in [3.05, 3.63) is 0 Å². The zero-order chi connectivity index (χ0) is 14.6. The maximum Gasteiger partial charge on any atom is 0.410 e. The third kappa shape index (κ3) is 4.65. The Labute approximate surface area is 123 Å². The highest BCUT2D eigenvalue weighted by Crippen LogP contribution is 2.25. The molecule has 4 heteroatoms. The number of nitrogens with one attached hydrogen (secondary N) is 1. The van der Waals surface area contributed by atoms with Gasteiger partial charge in [-0.1, -0.05) is 6.42 Å². The van der Waals surface area contributed by atoms with Gasteiger partial charge < -0.3 is 15.0 Å². The van der Waals surface area contributed by atoms with Crippen LogP contribution in [0.1, 0.15) is 59.3 Å². The molecule has 1 amide bonds. The Balaban J connectivity index is 1.79. The maximum absolute atomic E-state index is 12.3. The molecular formula is C16H30N2O2. The van der Waals surface area contributed by atoms with Crippen molar-refractivity contribution < 1.29 is 9.53 Å². The van der Waals surface area contributed by atoms with Crippen LogP contribution in [-0.2, 0) is 4.74 Å². The molecule has 4 nitrogen and oxygen atoms in total. The molecule has 2 aliphatic rings. The van der Waals surface area contributed by atoms with Crippen molar-refractivity contribution >= 4 is 6.09 Å². The Hall–Kier alpha value is -0.770. The van der Waals surface area contributed by atoms with Gasteiger partial charge in [0.05, 0.1) is 0 Å². The molecule has 1 aliphatic heterocycles. The van der Waals surface area contributed by atoms with E-state index in [1.165, 1.54) is 25.7 Å². The van der Waals surface area contributed by atoms with E-state index in [2.05, 4.69) is 5.32 Å². The van der Waals surface area contributed by atoms with Gasteiger partial charge in [0.15, 0.2) is 0 Å². The second kappa shape index (κ2) is 6.79. The first-order chi connectivity index (χ1) is 9.46. The van der Waals surface area contributed by atoms with Crippen LogP contribution in [0.4, 0.5) is 4.79 Å². The first-order valence-electron chi connectivity index (χ1n) is 8.16. The molecule has 2 fully saturated rings. The van der Waals surface area contributed by atoms with Gasteiger partial charge in [0.1, 0.15) is 5.60 Å². The number of rotatable bonds is 4. The number of nitrogens with zero attached hydrogens (tertiary/aromatic N) is 1. The van der Waals surface area contributed by atoms with Gasteiger partial charge >= 0.3 is 6.09 Å². The average Bonchev–Trinajstić information content (AvgIpc) is 2.30. The number of hydrogen-bond donors (Lipinski definition) is 1. The zero-order valence-corrected chi connectivity index (χ0v) is 13.3. The van der Waals surface area contributed by atoms with E-state index in [1.54, 1.807) is 0 Å². The molecular weight excluding hydrogens is 252 g/mol.